The first-order valence-electron chi connectivity index (χ1n) is 7.78. The summed E-state index contributed by atoms with van der Waals surface area (Å²) in [5, 5.41) is 3.40. The van der Waals surface area contributed by atoms with Crippen LogP contribution in [0.15, 0.2) is 18.2 Å². The summed E-state index contributed by atoms with van der Waals surface area (Å²) in [6.45, 7) is 10.8. The summed E-state index contributed by atoms with van der Waals surface area (Å²) < 4.78 is 13.6. The molecule has 0 bridgehead atoms. The van der Waals surface area contributed by atoms with Gasteiger partial charge in [0.25, 0.3) is 0 Å². The van der Waals surface area contributed by atoms with Gasteiger partial charge in [-0.2, -0.15) is 0 Å². The summed E-state index contributed by atoms with van der Waals surface area (Å²) in [5.41, 5.74) is 2.38. The molecule has 0 unspecified atom stereocenters. The van der Waals surface area contributed by atoms with Crippen LogP contribution in [-0.2, 0) is 0 Å². The van der Waals surface area contributed by atoms with Gasteiger partial charge in [-0.15, -0.1) is 0 Å². The monoisotopic (exact) mass is 278 g/mol. The molecule has 1 N–H and O–H groups in total. The fourth-order valence-corrected chi connectivity index (χ4v) is 2.99. The Labute approximate surface area is 122 Å². The van der Waals surface area contributed by atoms with Crippen molar-refractivity contribution in [3.8, 4) is 0 Å². The lowest BCUT2D eigenvalue weighted by atomic mass is 9.93. The van der Waals surface area contributed by atoms with E-state index in [2.05, 4.69) is 31.0 Å². The van der Waals surface area contributed by atoms with E-state index in [1.54, 1.807) is 12.1 Å². The molecule has 1 aromatic carbocycles. The first-order valence-corrected chi connectivity index (χ1v) is 7.78. The first-order chi connectivity index (χ1) is 9.58. The van der Waals surface area contributed by atoms with Gasteiger partial charge in [-0.25, -0.2) is 4.39 Å². The minimum atomic E-state index is -0.115. The smallest absolute Gasteiger partial charge is 0.123 e. The molecule has 1 aliphatic rings. The standard InChI is InChI=1S/C17H27FN2/c1-13(2)4-7-17(20-10-8-19-9-11-20)16-12-15(18)6-5-14(16)3/h5-6,12-13,17,19H,4,7-11H2,1-3H3/t17-/m0/s1. The van der Waals surface area contributed by atoms with E-state index in [4.69, 9.17) is 0 Å². The molecule has 2 nitrogen and oxygen atoms in total. The van der Waals surface area contributed by atoms with Gasteiger partial charge in [-0.05, 0) is 48.9 Å². The lowest BCUT2D eigenvalue weighted by Gasteiger charge is -2.36. The van der Waals surface area contributed by atoms with Gasteiger partial charge in [0.15, 0.2) is 0 Å². The summed E-state index contributed by atoms with van der Waals surface area (Å²) >= 11 is 0. The molecule has 2 rings (SSSR count). The Morgan fingerprint density at radius 2 is 1.90 bits per heavy atom. The minimum Gasteiger partial charge on any atom is -0.314 e. The second-order valence-corrected chi connectivity index (χ2v) is 6.27. The van der Waals surface area contributed by atoms with Crippen molar-refractivity contribution < 1.29 is 4.39 Å². The van der Waals surface area contributed by atoms with Gasteiger partial charge in [0.1, 0.15) is 5.82 Å². The van der Waals surface area contributed by atoms with Crippen LogP contribution in [-0.4, -0.2) is 31.1 Å². The topological polar surface area (TPSA) is 15.3 Å². The van der Waals surface area contributed by atoms with E-state index >= 15 is 0 Å². The van der Waals surface area contributed by atoms with Crippen LogP contribution in [0.3, 0.4) is 0 Å². The van der Waals surface area contributed by atoms with Crippen molar-refractivity contribution in [3.05, 3.63) is 35.1 Å². The number of rotatable bonds is 5. The van der Waals surface area contributed by atoms with Gasteiger partial charge in [0.2, 0.25) is 0 Å². The van der Waals surface area contributed by atoms with Crippen LogP contribution in [0.4, 0.5) is 4.39 Å². The number of nitrogens with zero attached hydrogens (tertiary/aromatic N) is 1. The molecule has 0 aliphatic carbocycles. The second-order valence-electron chi connectivity index (χ2n) is 6.27. The number of nitrogens with one attached hydrogen (secondary N) is 1. The maximum absolute atomic E-state index is 13.6. The predicted molar refractivity (Wildman–Crippen MR) is 82.4 cm³/mol. The SMILES string of the molecule is Cc1ccc(F)cc1[C@H](CCC(C)C)N1CCNCC1. The Morgan fingerprint density at radius 3 is 2.55 bits per heavy atom. The molecular formula is C17H27FN2. The van der Waals surface area contributed by atoms with Gasteiger partial charge in [0.05, 0.1) is 0 Å². The van der Waals surface area contributed by atoms with Gasteiger partial charge < -0.3 is 5.32 Å². The van der Waals surface area contributed by atoms with Gasteiger partial charge in [-0.1, -0.05) is 19.9 Å². The summed E-state index contributed by atoms with van der Waals surface area (Å²) in [6, 6.07) is 5.57. The molecule has 1 fully saturated rings. The van der Waals surface area contributed by atoms with E-state index in [9.17, 15) is 4.39 Å². The van der Waals surface area contributed by atoms with Gasteiger partial charge in [0, 0.05) is 32.2 Å². The normalized spacial score (nSPS) is 18.4. The predicted octanol–water partition coefficient (Wildman–Crippen LogP) is 3.52. The Hall–Kier alpha value is -0.930. The summed E-state index contributed by atoms with van der Waals surface area (Å²) in [4.78, 5) is 2.51. The number of benzene rings is 1. The molecule has 20 heavy (non-hydrogen) atoms. The summed E-state index contributed by atoms with van der Waals surface area (Å²) in [6.07, 6.45) is 2.30. The Morgan fingerprint density at radius 1 is 1.20 bits per heavy atom. The van der Waals surface area contributed by atoms with Crippen LogP contribution >= 0.6 is 0 Å². The van der Waals surface area contributed by atoms with Crippen molar-refractivity contribution in [2.24, 2.45) is 5.92 Å². The molecule has 1 aliphatic heterocycles. The molecule has 0 saturated carbocycles. The number of aryl methyl sites for hydroxylation is 1. The molecular weight excluding hydrogens is 251 g/mol. The third-order valence-corrected chi connectivity index (χ3v) is 4.21. The highest BCUT2D eigenvalue weighted by Crippen LogP contribution is 2.30. The van der Waals surface area contributed by atoms with E-state index < -0.39 is 0 Å². The zero-order valence-corrected chi connectivity index (χ0v) is 13.0. The third kappa shape index (κ3) is 4.03. The molecule has 0 radical (unpaired) electrons. The van der Waals surface area contributed by atoms with E-state index in [0.717, 1.165) is 32.6 Å². The van der Waals surface area contributed by atoms with Crippen molar-refractivity contribution >= 4 is 0 Å². The molecule has 112 valence electrons. The summed E-state index contributed by atoms with van der Waals surface area (Å²) in [5.74, 6) is 0.574. The van der Waals surface area contributed by atoms with Crippen LogP contribution in [0, 0.1) is 18.7 Å². The van der Waals surface area contributed by atoms with Crippen LogP contribution in [0.1, 0.15) is 43.9 Å². The quantitative estimate of drug-likeness (QED) is 0.886. The lowest BCUT2D eigenvalue weighted by Crippen LogP contribution is -2.45. The number of hydrogen-bond donors (Lipinski definition) is 1. The molecule has 3 heteroatoms. The van der Waals surface area contributed by atoms with Gasteiger partial charge >= 0.3 is 0 Å². The zero-order chi connectivity index (χ0) is 14.5. The van der Waals surface area contributed by atoms with Crippen LogP contribution in [0.2, 0.25) is 0 Å². The second kappa shape index (κ2) is 7.19. The van der Waals surface area contributed by atoms with Gasteiger partial charge in [-0.3, -0.25) is 4.90 Å². The van der Waals surface area contributed by atoms with E-state index in [0.29, 0.717) is 12.0 Å². The third-order valence-electron chi connectivity index (χ3n) is 4.21. The van der Waals surface area contributed by atoms with E-state index in [1.807, 2.05) is 6.07 Å². The number of hydrogen-bond acceptors (Lipinski definition) is 2. The highest BCUT2D eigenvalue weighted by molar-refractivity contribution is 5.29. The highest BCUT2D eigenvalue weighted by atomic mass is 19.1. The first kappa shape index (κ1) is 15.5. The van der Waals surface area contributed by atoms with E-state index in [1.165, 1.54) is 17.5 Å². The maximum Gasteiger partial charge on any atom is 0.123 e. The van der Waals surface area contributed by atoms with Crippen molar-refractivity contribution in [1.82, 2.24) is 10.2 Å². The molecule has 1 atom stereocenters. The molecule has 1 aromatic rings. The fraction of sp³-hybridized carbons (Fsp3) is 0.647. The lowest BCUT2D eigenvalue weighted by molar-refractivity contribution is 0.159. The van der Waals surface area contributed by atoms with E-state index in [-0.39, 0.29) is 5.82 Å². The molecule has 1 saturated heterocycles. The molecule has 1 heterocycles. The van der Waals surface area contributed by atoms with Crippen LogP contribution < -0.4 is 5.32 Å². The Kier molecular flexibility index (Phi) is 5.55. The largest absolute Gasteiger partial charge is 0.314 e. The highest BCUT2D eigenvalue weighted by Gasteiger charge is 2.23. The maximum atomic E-state index is 13.6. The Bertz CT molecular complexity index is 425. The molecule has 0 amide bonds. The van der Waals surface area contributed by atoms with Crippen LogP contribution in [0.25, 0.3) is 0 Å². The van der Waals surface area contributed by atoms with Crippen molar-refractivity contribution in [3.63, 3.8) is 0 Å². The average molecular weight is 278 g/mol. The van der Waals surface area contributed by atoms with Crippen molar-refractivity contribution in [2.45, 2.75) is 39.7 Å². The number of halogens is 1. The summed E-state index contributed by atoms with van der Waals surface area (Å²) in [7, 11) is 0. The molecule has 0 spiro atoms. The minimum absolute atomic E-state index is 0.115. The fourth-order valence-electron chi connectivity index (χ4n) is 2.99. The van der Waals surface area contributed by atoms with Crippen molar-refractivity contribution in [1.29, 1.82) is 0 Å². The molecule has 0 aromatic heterocycles. The van der Waals surface area contributed by atoms with Crippen molar-refractivity contribution in [2.75, 3.05) is 26.2 Å². The zero-order valence-electron chi connectivity index (χ0n) is 13.0. The average Bonchev–Trinajstić information content (AvgIpc) is 2.43. The Balaban J connectivity index is 2.21. The van der Waals surface area contributed by atoms with Crippen LogP contribution in [0.5, 0.6) is 0 Å². The number of piperazine rings is 1.